The highest BCUT2D eigenvalue weighted by molar-refractivity contribution is 7.88. The smallest absolute Gasteiger partial charge is 0.238 e. The zero-order chi connectivity index (χ0) is 31.0. The van der Waals surface area contributed by atoms with Gasteiger partial charge in [-0.1, -0.05) is 12.1 Å². The first-order valence-corrected chi connectivity index (χ1v) is 15.4. The van der Waals surface area contributed by atoms with Crippen molar-refractivity contribution in [3.63, 3.8) is 0 Å². The largest absolute Gasteiger partial charge is 0.336 e. The lowest BCUT2D eigenvalue weighted by molar-refractivity contribution is -0.116. The SMILES string of the molecule is CN(C)CC(=O)Nc1cncc(-c2ccc3[nH]nc(-c4nc5c(-c6cc(F)cc(CNS(C)(=O)=O)c6)cccc5[nH]4)c3n2)c1. The summed E-state index contributed by atoms with van der Waals surface area (Å²) < 4.78 is 40.1. The normalized spacial score (nSPS) is 11.9. The number of rotatable bonds is 9. The lowest BCUT2D eigenvalue weighted by atomic mass is 10.0. The number of likely N-dealkylation sites (N-methyl/N-ethyl adjacent to an activating group) is 1. The van der Waals surface area contributed by atoms with Crippen molar-refractivity contribution in [1.29, 1.82) is 0 Å². The predicted molar refractivity (Wildman–Crippen MR) is 166 cm³/mol. The van der Waals surface area contributed by atoms with E-state index < -0.39 is 15.8 Å². The number of aromatic amines is 2. The number of imidazole rings is 1. The number of nitrogens with one attached hydrogen (secondary N) is 4. The van der Waals surface area contributed by atoms with Crippen LogP contribution in [0.2, 0.25) is 0 Å². The molecule has 6 rings (SSSR count). The molecule has 4 N–H and O–H groups in total. The molecule has 0 saturated heterocycles. The van der Waals surface area contributed by atoms with E-state index in [1.165, 1.54) is 12.1 Å². The molecule has 0 spiro atoms. The number of benzene rings is 2. The average Bonchev–Trinajstić information content (AvgIpc) is 3.59. The summed E-state index contributed by atoms with van der Waals surface area (Å²) in [5.41, 5.74) is 6.64. The Morgan fingerprint density at radius 1 is 0.977 bits per heavy atom. The second kappa shape index (κ2) is 11.6. The molecular formula is C30H28FN9O3S. The lowest BCUT2D eigenvalue weighted by Gasteiger charge is -2.10. The van der Waals surface area contributed by atoms with Crippen molar-refractivity contribution in [1.82, 2.24) is 39.8 Å². The van der Waals surface area contributed by atoms with E-state index in [-0.39, 0.29) is 19.0 Å². The number of carbonyl (C=O) groups excluding carboxylic acids is 1. The minimum atomic E-state index is -3.45. The standard InChI is InChI=1S/C30H28FN9O3S/c1-40(2)16-26(41)34-21-12-19(14-32-15-21)23-7-8-25-28(35-23)29(39-38-25)30-36-24-6-4-5-22(27(24)37-30)18-9-17(10-20(31)11-18)13-33-44(3,42)43/h4-12,14-15,33H,13,16H2,1-3H3,(H,34,41)(H,36,37)(H,38,39). The highest BCUT2D eigenvalue weighted by Crippen LogP contribution is 2.33. The van der Waals surface area contributed by atoms with E-state index in [0.29, 0.717) is 67.2 Å². The van der Waals surface area contributed by atoms with E-state index in [4.69, 9.17) is 9.97 Å². The number of anilines is 1. The third-order valence-electron chi connectivity index (χ3n) is 6.73. The Bertz CT molecular complexity index is 2140. The second-order valence-corrected chi connectivity index (χ2v) is 12.5. The van der Waals surface area contributed by atoms with Gasteiger partial charge in [-0.3, -0.25) is 14.9 Å². The predicted octanol–water partition coefficient (Wildman–Crippen LogP) is 3.92. The quantitative estimate of drug-likeness (QED) is 0.191. The van der Waals surface area contributed by atoms with Gasteiger partial charge in [0.05, 0.1) is 46.9 Å². The molecule has 12 nitrogen and oxygen atoms in total. The van der Waals surface area contributed by atoms with Crippen molar-refractivity contribution in [3.05, 3.63) is 78.4 Å². The van der Waals surface area contributed by atoms with Gasteiger partial charge in [-0.15, -0.1) is 0 Å². The Morgan fingerprint density at radius 2 is 1.82 bits per heavy atom. The molecule has 0 bridgehead atoms. The van der Waals surface area contributed by atoms with Gasteiger partial charge in [0.25, 0.3) is 0 Å². The molecule has 224 valence electrons. The number of hydrogen-bond acceptors (Lipinski definition) is 8. The number of para-hydroxylation sites is 1. The van der Waals surface area contributed by atoms with Gasteiger partial charge in [0.15, 0.2) is 11.5 Å². The first-order chi connectivity index (χ1) is 21.0. The van der Waals surface area contributed by atoms with Gasteiger partial charge in [-0.05, 0) is 67.7 Å². The fourth-order valence-corrected chi connectivity index (χ4v) is 5.29. The molecule has 4 heterocycles. The molecule has 44 heavy (non-hydrogen) atoms. The van der Waals surface area contributed by atoms with Gasteiger partial charge in [-0.25, -0.2) is 27.5 Å². The number of hydrogen-bond donors (Lipinski definition) is 4. The molecule has 14 heteroatoms. The van der Waals surface area contributed by atoms with E-state index in [9.17, 15) is 17.6 Å². The van der Waals surface area contributed by atoms with E-state index in [2.05, 4.69) is 30.2 Å². The zero-order valence-electron chi connectivity index (χ0n) is 24.0. The van der Waals surface area contributed by atoms with Gasteiger partial charge < -0.3 is 15.2 Å². The summed E-state index contributed by atoms with van der Waals surface area (Å²) in [5.74, 6) is -0.188. The Kier molecular flexibility index (Phi) is 7.63. The van der Waals surface area contributed by atoms with Crippen LogP contribution in [0.15, 0.2) is 67.0 Å². The number of amides is 1. The van der Waals surface area contributed by atoms with Crippen LogP contribution in [0, 0.1) is 5.82 Å². The number of H-pyrrole nitrogens is 2. The summed E-state index contributed by atoms with van der Waals surface area (Å²) in [7, 11) is 0.189. The zero-order valence-corrected chi connectivity index (χ0v) is 24.8. The van der Waals surface area contributed by atoms with E-state index in [1.54, 1.807) is 29.4 Å². The number of aromatic nitrogens is 6. The summed E-state index contributed by atoms with van der Waals surface area (Å²) in [6.07, 6.45) is 4.30. The second-order valence-electron chi connectivity index (χ2n) is 10.6. The summed E-state index contributed by atoms with van der Waals surface area (Å²) in [6, 6.07) is 15.4. The third kappa shape index (κ3) is 6.32. The molecule has 0 saturated carbocycles. The topological polar surface area (TPSA) is 162 Å². The highest BCUT2D eigenvalue weighted by atomic mass is 32.2. The fourth-order valence-electron chi connectivity index (χ4n) is 4.86. The minimum Gasteiger partial charge on any atom is -0.336 e. The maximum absolute atomic E-state index is 14.6. The van der Waals surface area contributed by atoms with Crippen LogP contribution in [0.3, 0.4) is 0 Å². The lowest BCUT2D eigenvalue weighted by Crippen LogP contribution is -2.27. The van der Waals surface area contributed by atoms with E-state index in [1.807, 2.05) is 44.4 Å². The van der Waals surface area contributed by atoms with Crippen LogP contribution >= 0.6 is 0 Å². The van der Waals surface area contributed by atoms with Crippen molar-refractivity contribution >= 4 is 43.7 Å². The Morgan fingerprint density at radius 3 is 2.61 bits per heavy atom. The van der Waals surface area contributed by atoms with Gasteiger partial charge in [0.2, 0.25) is 15.9 Å². The number of sulfonamides is 1. The van der Waals surface area contributed by atoms with E-state index in [0.717, 1.165) is 6.26 Å². The van der Waals surface area contributed by atoms with Crippen molar-refractivity contribution in [2.24, 2.45) is 0 Å². The van der Waals surface area contributed by atoms with Crippen LogP contribution in [0.4, 0.5) is 10.1 Å². The molecule has 4 aromatic heterocycles. The Labute approximate surface area is 251 Å². The van der Waals surface area contributed by atoms with Crippen LogP contribution < -0.4 is 10.0 Å². The number of fused-ring (bicyclic) bond motifs is 2. The van der Waals surface area contributed by atoms with Crippen LogP contribution in [0.25, 0.3) is 56.0 Å². The Hall–Kier alpha value is -5.05. The first kappa shape index (κ1) is 29.0. The maximum atomic E-state index is 14.6. The first-order valence-electron chi connectivity index (χ1n) is 13.5. The molecule has 0 unspecified atom stereocenters. The van der Waals surface area contributed by atoms with Crippen LogP contribution in [-0.2, 0) is 21.4 Å². The summed E-state index contributed by atoms with van der Waals surface area (Å²) in [6.45, 7) is 0.201. The minimum absolute atomic E-state index is 0.0421. The maximum Gasteiger partial charge on any atom is 0.238 e. The number of carbonyl (C=O) groups is 1. The molecular weight excluding hydrogens is 585 g/mol. The van der Waals surface area contributed by atoms with Gasteiger partial charge in [0.1, 0.15) is 11.3 Å². The van der Waals surface area contributed by atoms with Crippen LogP contribution in [-0.4, -0.2) is 76.3 Å². The summed E-state index contributed by atoms with van der Waals surface area (Å²) in [5, 5.41) is 10.3. The monoisotopic (exact) mass is 613 g/mol. The number of halogens is 1. The van der Waals surface area contributed by atoms with Gasteiger partial charge >= 0.3 is 0 Å². The average molecular weight is 614 g/mol. The molecule has 0 atom stereocenters. The number of nitrogens with zero attached hydrogens (tertiary/aromatic N) is 5. The highest BCUT2D eigenvalue weighted by Gasteiger charge is 2.18. The summed E-state index contributed by atoms with van der Waals surface area (Å²) >= 11 is 0. The fraction of sp³-hybridized carbons (Fsp3) is 0.167. The van der Waals surface area contributed by atoms with Crippen LogP contribution in [0.5, 0.6) is 0 Å². The molecule has 0 aliphatic carbocycles. The Balaban J connectivity index is 1.36. The summed E-state index contributed by atoms with van der Waals surface area (Å²) in [4.78, 5) is 31.3. The van der Waals surface area contributed by atoms with Gasteiger partial charge in [0, 0.05) is 23.9 Å². The van der Waals surface area contributed by atoms with Crippen molar-refractivity contribution in [3.8, 4) is 33.9 Å². The molecule has 1 amide bonds. The molecule has 0 aliphatic rings. The third-order valence-corrected chi connectivity index (χ3v) is 7.40. The molecule has 6 aromatic rings. The van der Waals surface area contributed by atoms with Crippen molar-refractivity contribution < 1.29 is 17.6 Å². The molecule has 0 aliphatic heterocycles. The van der Waals surface area contributed by atoms with Crippen molar-refractivity contribution in [2.75, 3.05) is 32.2 Å². The van der Waals surface area contributed by atoms with E-state index >= 15 is 0 Å². The molecule has 0 radical (unpaired) electrons. The molecule has 0 fully saturated rings. The van der Waals surface area contributed by atoms with Crippen LogP contribution in [0.1, 0.15) is 5.56 Å². The van der Waals surface area contributed by atoms with Crippen molar-refractivity contribution in [2.45, 2.75) is 6.54 Å². The number of pyridine rings is 2. The van der Waals surface area contributed by atoms with Gasteiger partial charge in [-0.2, -0.15) is 5.10 Å². The molecule has 2 aromatic carbocycles.